The third-order valence-corrected chi connectivity index (χ3v) is 5.47. The summed E-state index contributed by atoms with van der Waals surface area (Å²) in [7, 11) is 0. The number of aromatic nitrogens is 2. The van der Waals surface area contributed by atoms with E-state index in [4.69, 9.17) is 4.52 Å². The molecule has 0 radical (unpaired) electrons. The molecule has 31 heavy (non-hydrogen) atoms. The van der Waals surface area contributed by atoms with Gasteiger partial charge in [0.15, 0.2) is 0 Å². The normalized spacial score (nSPS) is 18.6. The Morgan fingerprint density at radius 1 is 1.03 bits per heavy atom. The van der Waals surface area contributed by atoms with Crippen molar-refractivity contribution in [1.29, 1.82) is 0 Å². The van der Waals surface area contributed by atoms with Crippen molar-refractivity contribution >= 4 is 22.7 Å². The molecular formula is C23H17FN4O3. The summed E-state index contributed by atoms with van der Waals surface area (Å²) in [6.07, 6.45) is 0. The first-order chi connectivity index (χ1) is 14.9. The average Bonchev–Trinajstić information content (AvgIpc) is 3.33. The van der Waals surface area contributed by atoms with Crippen molar-refractivity contribution in [2.75, 3.05) is 0 Å². The highest BCUT2D eigenvalue weighted by molar-refractivity contribution is 6.07. The first kappa shape index (κ1) is 18.9. The summed E-state index contributed by atoms with van der Waals surface area (Å²) in [4.78, 5) is 31.1. The Labute approximate surface area is 176 Å². The van der Waals surface area contributed by atoms with E-state index < -0.39 is 17.5 Å². The summed E-state index contributed by atoms with van der Waals surface area (Å²) >= 11 is 0. The highest BCUT2D eigenvalue weighted by Crippen LogP contribution is 2.32. The van der Waals surface area contributed by atoms with Crippen LogP contribution >= 0.6 is 0 Å². The van der Waals surface area contributed by atoms with Crippen molar-refractivity contribution in [3.8, 4) is 11.4 Å². The van der Waals surface area contributed by atoms with E-state index in [2.05, 4.69) is 15.5 Å². The molecule has 1 N–H and O–H groups in total. The van der Waals surface area contributed by atoms with Gasteiger partial charge in [0.25, 0.3) is 5.91 Å². The number of urea groups is 1. The Morgan fingerprint density at radius 3 is 2.55 bits per heavy atom. The lowest BCUT2D eigenvalue weighted by atomic mass is 9.90. The lowest BCUT2D eigenvalue weighted by Gasteiger charge is -2.22. The number of hydrogen-bond acceptors (Lipinski definition) is 5. The summed E-state index contributed by atoms with van der Waals surface area (Å²) in [5.74, 6) is -0.431. The number of rotatable bonds is 4. The van der Waals surface area contributed by atoms with E-state index in [1.165, 1.54) is 24.3 Å². The minimum Gasteiger partial charge on any atom is -0.337 e. The van der Waals surface area contributed by atoms with Gasteiger partial charge in [-0.05, 0) is 53.6 Å². The SMILES string of the molecule is C[C@]1(c2ccc3ccccc3c2)NC(=O)N(Cc2nc(-c3ccc(F)cc3)no2)C1=O. The Hall–Kier alpha value is -4.07. The van der Waals surface area contributed by atoms with Crippen LogP contribution in [0.1, 0.15) is 18.4 Å². The van der Waals surface area contributed by atoms with Gasteiger partial charge >= 0.3 is 6.03 Å². The number of carbonyl (C=O) groups excluding carboxylic acids is 2. The van der Waals surface area contributed by atoms with Crippen LogP contribution in [0.5, 0.6) is 0 Å². The van der Waals surface area contributed by atoms with E-state index in [0.717, 1.165) is 15.7 Å². The zero-order chi connectivity index (χ0) is 21.6. The van der Waals surface area contributed by atoms with Gasteiger partial charge in [-0.1, -0.05) is 41.6 Å². The van der Waals surface area contributed by atoms with Crippen molar-refractivity contribution in [3.63, 3.8) is 0 Å². The summed E-state index contributed by atoms with van der Waals surface area (Å²) in [5, 5.41) is 8.66. The largest absolute Gasteiger partial charge is 0.337 e. The summed E-state index contributed by atoms with van der Waals surface area (Å²) < 4.78 is 18.3. The lowest BCUT2D eigenvalue weighted by molar-refractivity contribution is -0.131. The molecule has 1 aliphatic rings. The summed E-state index contributed by atoms with van der Waals surface area (Å²) in [6, 6.07) is 18.5. The van der Waals surface area contributed by atoms with E-state index in [0.29, 0.717) is 11.1 Å². The second-order valence-electron chi connectivity index (χ2n) is 7.53. The number of nitrogens with one attached hydrogen (secondary N) is 1. The van der Waals surface area contributed by atoms with E-state index in [-0.39, 0.29) is 24.1 Å². The molecule has 1 saturated heterocycles. The second-order valence-corrected chi connectivity index (χ2v) is 7.53. The predicted molar refractivity (Wildman–Crippen MR) is 110 cm³/mol. The molecule has 5 rings (SSSR count). The highest BCUT2D eigenvalue weighted by Gasteiger charge is 2.49. The molecule has 154 valence electrons. The molecule has 0 unspecified atom stereocenters. The number of hydrogen-bond donors (Lipinski definition) is 1. The van der Waals surface area contributed by atoms with Crippen LogP contribution in [0.3, 0.4) is 0 Å². The van der Waals surface area contributed by atoms with Crippen LogP contribution in [0.25, 0.3) is 22.2 Å². The van der Waals surface area contributed by atoms with Gasteiger partial charge in [0.05, 0.1) is 0 Å². The molecular weight excluding hydrogens is 399 g/mol. The molecule has 0 saturated carbocycles. The maximum absolute atomic E-state index is 13.2. The van der Waals surface area contributed by atoms with Crippen LogP contribution in [-0.4, -0.2) is 27.0 Å². The molecule has 0 bridgehead atoms. The molecule has 1 aromatic heterocycles. The average molecular weight is 416 g/mol. The number of carbonyl (C=O) groups is 2. The summed E-state index contributed by atoms with van der Waals surface area (Å²) in [6.45, 7) is 1.51. The van der Waals surface area contributed by atoms with Gasteiger partial charge < -0.3 is 9.84 Å². The second kappa shape index (κ2) is 7.02. The first-order valence-electron chi connectivity index (χ1n) is 9.66. The topological polar surface area (TPSA) is 88.3 Å². The molecule has 3 amide bonds. The van der Waals surface area contributed by atoms with Crippen LogP contribution in [-0.2, 0) is 16.9 Å². The van der Waals surface area contributed by atoms with Gasteiger partial charge in [-0.25, -0.2) is 9.18 Å². The zero-order valence-corrected chi connectivity index (χ0v) is 16.5. The minimum atomic E-state index is -1.21. The molecule has 7 nitrogen and oxygen atoms in total. The van der Waals surface area contributed by atoms with Crippen LogP contribution in [0, 0.1) is 5.82 Å². The smallest absolute Gasteiger partial charge is 0.325 e. The lowest BCUT2D eigenvalue weighted by Crippen LogP contribution is -2.40. The van der Waals surface area contributed by atoms with Gasteiger partial charge in [-0.15, -0.1) is 0 Å². The summed E-state index contributed by atoms with van der Waals surface area (Å²) in [5.41, 5.74) is 0.0418. The standard InChI is InChI=1S/C23H17FN4O3/c1-23(17-9-6-14-4-2-3-5-16(14)12-17)21(29)28(22(30)26-23)13-19-25-20(27-31-19)15-7-10-18(24)11-8-15/h2-12H,13H2,1H3,(H,26,30)/t23-/m1/s1. The number of nitrogens with zero attached hydrogens (tertiary/aromatic N) is 3. The highest BCUT2D eigenvalue weighted by atomic mass is 19.1. The Balaban J connectivity index is 1.40. The molecule has 0 aliphatic carbocycles. The molecule has 1 aliphatic heterocycles. The third-order valence-electron chi connectivity index (χ3n) is 5.47. The van der Waals surface area contributed by atoms with Crippen LogP contribution < -0.4 is 5.32 Å². The molecule has 4 aromatic rings. The maximum atomic E-state index is 13.2. The zero-order valence-electron chi connectivity index (χ0n) is 16.5. The number of amides is 3. The molecule has 0 spiro atoms. The van der Waals surface area contributed by atoms with Crippen LogP contribution in [0.15, 0.2) is 71.3 Å². The Bertz CT molecular complexity index is 1320. The fourth-order valence-electron chi connectivity index (χ4n) is 3.71. The van der Waals surface area contributed by atoms with Gasteiger partial charge in [-0.3, -0.25) is 9.69 Å². The minimum absolute atomic E-state index is 0.102. The van der Waals surface area contributed by atoms with E-state index in [9.17, 15) is 14.0 Å². The maximum Gasteiger partial charge on any atom is 0.325 e. The van der Waals surface area contributed by atoms with Gasteiger partial charge in [0.2, 0.25) is 11.7 Å². The molecule has 8 heteroatoms. The quantitative estimate of drug-likeness (QED) is 0.508. The fraction of sp³-hybridized carbons (Fsp3) is 0.130. The first-order valence-corrected chi connectivity index (χ1v) is 9.66. The molecule has 1 atom stereocenters. The van der Waals surface area contributed by atoms with Crippen LogP contribution in [0.2, 0.25) is 0 Å². The van der Waals surface area contributed by atoms with Gasteiger partial charge in [0, 0.05) is 5.56 Å². The van der Waals surface area contributed by atoms with E-state index in [1.807, 2.05) is 42.5 Å². The van der Waals surface area contributed by atoms with E-state index in [1.54, 1.807) is 6.92 Å². The monoisotopic (exact) mass is 416 g/mol. The predicted octanol–water partition coefficient (Wildman–Crippen LogP) is 4.00. The van der Waals surface area contributed by atoms with Crippen molar-refractivity contribution < 1.29 is 18.5 Å². The molecule has 2 heterocycles. The van der Waals surface area contributed by atoms with Gasteiger partial charge in [-0.2, -0.15) is 4.98 Å². The number of fused-ring (bicyclic) bond motifs is 1. The van der Waals surface area contributed by atoms with Crippen molar-refractivity contribution in [2.45, 2.75) is 19.0 Å². The van der Waals surface area contributed by atoms with Gasteiger partial charge in [0.1, 0.15) is 17.9 Å². The number of imide groups is 1. The fourth-order valence-corrected chi connectivity index (χ4v) is 3.71. The third kappa shape index (κ3) is 3.22. The Kier molecular flexibility index (Phi) is 4.28. The van der Waals surface area contributed by atoms with E-state index >= 15 is 0 Å². The van der Waals surface area contributed by atoms with Crippen molar-refractivity contribution in [2.24, 2.45) is 0 Å². The van der Waals surface area contributed by atoms with Crippen molar-refractivity contribution in [1.82, 2.24) is 20.4 Å². The number of benzene rings is 3. The molecule has 1 fully saturated rings. The Morgan fingerprint density at radius 2 is 1.77 bits per heavy atom. The molecule has 3 aromatic carbocycles. The van der Waals surface area contributed by atoms with Crippen molar-refractivity contribution in [3.05, 3.63) is 84.0 Å². The number of halogens is 1. The van der Waals surface area contributed by atoms with Crippen LogP contribution in [0.4, 0.5) is 9.18 Å².